The summed E-state index contributed by atoms with van der Waals surface area (Å²) in [5.41, 5.74) is 1.03. The first-order chi connectivity index (χ1) is 7.33. The van der Waals surface area contributed by atoms with Crippen molar-refractivity contribution in [3.63, 3.8) is 0 Å². The lowest BCUT2D eigenvalue weighted by molar-refractivity contribution is -0.120. The van der Waals surface area contributed by atoms with Crippen LogP contribution in [0.2, 0.25) is 0 Å². The normalized spacial score (nSPS) is 10.2. The lowest BCUT2D eigenvalue weighted by Gasteiger charge is -2.04. The second kappa shape index (κ2) is 7.03. The molecule has 5 nitrogen and oxygen atoms in total. The Bertz CT molecular complexity index is 272. The van der Waals surface area contributed by atoms with Crippen LogP contribution in [-0.2, 0) is 16.1 Å². The highest BCUT2D eigenvalue weighted by atomic mass is 16.5. The number of rotatable bonds is 7. The second-order valence-corrected chi connectivity index (χ2v) is 3.08. The smallest absolute Gasteiger partial charge is 0.234 e. The molecule has 84 valence electrons. The van der Waals surface area contributed by atoms with Crippen molar-refractivity contribution in [1.29, 1.82) is 0 Å². The van der Waals surface area contributed by atoms with E-state index in [1.807, 2.05) is 6.07 Å². The van der Waals surface area contributed by atoms with Crippen LogP contribution in [0.25, 0.3) is 0 Å². The predicted molar refractivity (Wildman–Crippen MR) is 55.3 cm³/mol. The topological polar surface area (TPSA) is 63.5 Å². The molecule has 0 saturated carbocycles. The molecular weight excluding hydrogens is 196 g/mol. The van der Waals surface area contributed by atoms with Gasteiger partial charge in [0, 0.05) is 25.8 Å². The third-order valence-corrected chi connectivity index (χ3v) is 1.82. The molecule has 0 aliphatic heterocycles. The first-order valence-corrected chi connectivity index (χ1v) is 4.80. The number of carbonyl (C=O) groups is 1. The Hall–Kier alpha value is -1.33. The molecule has 1 aromatic heterocycles. The van der Waals surface area contributed by atoms with Gasteiger partial charge in [0.15, 0.2) is 0 Å². The Balaban J connectivity index is 2.02. The largest absolute Gasteiger partial charge is 0.472 e. The zero-order valence-corrected chi connectivity index (χ0v) is 8.79. The average Bonchev–Trinajstić information content (AvgIpc) is 2.71. The van der Waals surface area contributed by atoms with Crippen LogP contribution in [0.1, 0.15) is 5.56 Å². The lowest BCUT2D eigenvalue weighted by Crippen LogP contribution is -2.35. The molecule has 1 rings (SSSR count). The number of furan rings is 1. The molecule has 0 aliphatic rings. The van der Waals surface area contributed by atoms with E-state index in [4.69, 9.17) is 9.15 Å². The van der Waals surface area contributed by atoms with Crippen LogP contribution in [0.4, 0.5) is 0 Å². The maximum absolute atomic E-state index is 11.2. The Morgan fingerprint density at radius 2 is 2.47 bits per heavy atom. The minimum atomic E-state index is -0.0319. The van der Waals surface area contributed by atoms with Gasteiger partial charge in [-0.05, 0) is 6.07 Å². The zero-order valence-electron chi connectivity index (χ0n) is 8.79. The number of hydrogen-bond acceptors (Lipinski definition) is 4. The van der Waals surface area contributed by atoms with E-state index in [1.54, 1.807) is 19.6 Å². The van der Waals surface area contributed by atoms with Gasteiger partial charge in [-0.1, -0.05) is 0 Å². The summed E-state index contributed by atoms with van der Waals surface area (Å²) in [6.07, 6.45) is 3.26. The Morgan fingerprint density at radius 3 is 3.13 bits per heavy atom. The molecule has 1 heterocycles. The minimum Gasteiger partial charge on any atom is -0.472 e. The van der Waals surface area contributed by atoms with Gasteiger partial charge in [0.25, 0.3) is 0 Å². The predicted octanol–water partition coefficient (Wildman–Crippen LogP) is 0.132. The number of carbonyl (C=O) groups excluding carboxylic acids is 1. The SMILES string of the molecule is COCCNC(=O)CNCc1ccoc1. The van der Waals surface area contributed by atoms with Crippen molar-refractivity contribution in [3.8, 4) is 0 Å². The standard InChI is InChI=1S/C10H16N2O3/c1-14-5-3-12-10(13)7-11-6-9-2-4-15-8-9/h2,4,8,11H,3,5-7H2,1H3,(H,12,13). The van der Waals surface area contributed by atoms with E-state index in [0.29, 0.717) is 26.2 Å². The quantitative estimate of drug-likeness (QED) is 0.631. The summed E-state index contributed by atoms with van der Waals surface area (Å²) in [5.74, 6) is -0.0319. The number of nitrogens with one attached hydrogen (secondary N) is 2. The molecule has 0 saturated heterocycles. The third-order valence-electron chi connectivity index (χ3n) is 1.82. The highest BCUT2D eigenvalue weighted by Gasteiger charge is 1.99. The fourth-order valence-corrected chi connectivity index (χ4v) is 1.07. The van der Waals surface area contributed by atoms with Gasteiger partial charge >= 0.3 is 0 Å². The van der Waals surface area contributed by atoms with E-state index in [2.05, 4.69) is 10.6 Å². The fraction of sp³-hybridized carbons (Fsp3) is 0.500. The maximum atomic E-state index is 11.2. The average molecular weight is 212 g/mol. The molecule has 1 amide bonds. The summed E-state index contributed by atoms with van der Waals surface area (Å²) >= 11 is 0. The van der Waals surface area contributed by atoms with E-state index in [1.165, 1.54) is 0 Å². The van der Waals surface area contributed by atoms with Crippen LogP contribution < -0.4 is 10.6 Å². The molecule has 1 aromatic rings. The van der Waals surface area contributed by atoms with Crippen LogP contribution >= 0.6 is 0 Å². The summed E-state index contributed by atoms with van der Waals surface area (Å²) in [4.78, 5) is 11.2. The third kappa shape index (κ3) is 5.19. The highest BCUT2D eigenvalue weighted by molar-refractivity contribution is 5.77. The highest BCUT2D eigenvalue weighted by Crippen LogP contribution is 1.97. The van der Waals surface area contributed by atoms with Gasteiger partial charge in [-0.3, -0.25) is 4.79 Å². The van der Waals surface area contributed by atoms with Crippen LogP contribution in [-0.4, -0.2) is 32.7 Å². The zero-order chi connectivity index (χ0) is 10.9. The van der Waals surface area contributed by atoms with Crippen LogP contribution in [0.3, 0.4) is 0 Å². The molecular formula is C10H16N2O3. The fourth-order valence-electron chi connectivity index (χ4n) is 1.07. The number of ether oxygens (including phenoxy) is 1. The molecule has 2 N–H and O–H groups in total. The van der Waals surface area contributed by atoms with E-state index >= 15 is 0 Å². The molecule has 15 heavy (non-hydrogen) atoms. The van der Waals surface area contributed by atoms with E-state index in [0.717, 1.165) is 5.56 Å². The molecule has 0 radical (unpaired) electrons. The Morgan fingerprint density at radius 1 is 1.60 bits per heavy atom. The van der Waals surface area contributed by atoms with Gasteiger partial charge in [-0.2, -0.15) is 0 Å². The van der Waals surface area contributed by atoms with Crippen LogP contribution in [0, 0.1) is 0 Å². The van der Waals surface area contributed by atoms with Crippen molar-refractivity contribution in [2.45, 2.75) is 6.54 Å². The first-order valence-electron chi connectivity index (χ1n) is 4.80. The van der Waals surface area contributed by atoms with E-state index in [9.17, 15) is 4.79 Å². The Kier molecular flexibility index (Phi) is 5.50. The molecule has 0 atom stereocenters. The monoisotopic (exact) mass is 212 g/mol. The second-order valence-electron chi connectivity index (χ2n) is 3.08. The summed E-state index contributed by atoms with van der Waals surface area (Å²) in [6, 6.07) is 1.86. The van der Waals surface area contributed by atoms with Crippen molar-refractivity contribution in [1.82, 2.24) is 10.6 Å². The van der Waals surface area contributed by atoms with Crippen molar-refractivity contribution in [3.05, 3.63) is 24.2 Å². The summed E-state index contributed by atoms with van der Waals surface area (Å²) in [6.45, 7) is 2.01. The lowest BCUT2D eigenvalue weighted by atomic mass is 10.3. The maximum Gasteiger partial charge on any atom is 0.234 e. The number of hydrogen-bond donors (Lipinski definition) is 2. The first kappa shape index (κ1) is 11.7. The molecule has 5 heteroatoms. The van der Waals surface area contributed by atoms with Crippen molar-refractivity contribution >= 4 is 5.91 Å². The Labute approximate surface area is 88.8 Å². The minimum absolute atomic E-state index is 0.0319. The molecule has 0 spiro atoms. The van der Waals surface area contributed by atoms with Crippen molar-refractivity contribution < 1.29 is 13.9 Å². The molecule has 0 aliphatic carbocycles. The molecule has 0 fully saturated rings. The van der Waals surface area contributed by atoms with Crippen LogP contribution in [0.5, 0.6) is 0 Å². The summed E-state index contributed by atoms with van der Waals surface area (Å²) in [5, 5.41) is 5.72. The van der Waals surface area contributed by atoms with Gasteiger partial charge in [0.1, 0.15) is 0 Å². The van der Waals surface area contributed by atoms with Gasteiger partial charge in [0.05, 0.1) is 25.7 Å². The van der Waals surface area contributed by atoms with Crippen molar-refractivity contribution in [2.24, 2.45) is 0 Å². The number of methoxy groups -OCH3 is 1. The van der Waals surface area contributed by atoms with Crippen LogP contribution in [0.15, 0.2) is 23.0 Å². The summed E-state index contributed by atoms with van der Waals surface area (Å²) < 4.78 is 9.70. The summed E-state index contributed by atoms with van der Waals surface area (Å²) in [7, 11) is 1.60. The van der Waals surface area contributed by atoms with Gasteiger partial charge in [-0.25, -0.2) is 0 Å². The molecule has 0 aromatic carbocycles. The molecule has 0 unspecified atom stereocenters. The van der Waals surface area contributed by atoms with Gasteiger partial charge < -0.3 is 19.8 Å². The molecule has 0 bridgehead atoms. The van der Waals surface area contributed by atoms with Gasteiger partial charge in [0.2, 0.25) is 5.91 Å². The van der Waals surface area contributed by atoms with Crippen molar-refractivity contribution in [2.75, 3.05) is 26.8 Å². The van der Waals surface area contributed by atoms with E-state index in [-0.39, 0.29) is 5.91 Å². The van der Waals surface area contributed by atoms with Gasteiger partial charge in [-0.15, -0.1) is 0 Å². The number of amides is 1. The van der Waals surface area contributed by atoms with E-state index < -0.39 is 0 Å².